The molecule has 0 bridgehead atoms. The standard InChI is InChI=1S/C16H16ClN3O2S/c1-18-16(22)20-11-5-3-10(4-6-11)19-15(21)13-9-12(23-2)7-8-14(13)17/h3-9H,1-2H3,(H,19,21)(H2,18,20,22). The number of rotatable bonds is 4. The second-order valence-electron chi connectivity index (χ2n) is 4.58. The van der Waals surface area contributed by atoms with Gasteiger partial charge in [0.15, 0.2) is 0 Å². The van der Waals surface area contributed by atoms with E-state index in [9.17, 15) is 9.59 Å². The fourth-order valence-corrected chi connectivity index (χ4v) is 2.48. The summed E-state index contributed by atoms with van der Waals surface area (Å²) in [5, 5.41) is 8.29. The number of hydrogen-bond acceptors (Lipinski definition) is 3. The minimum absolute atomic E-state index is 0.280. The summed E-state index contributed by atoms with van der Waals surface area (Å²) in [6, 6.07) is 11.8. The largest absolute Gasteiger partial charge is 0.341 e. The zero-order chi connectivity index (χ0) is 16.8. The Morgan fingerprint density at radius 2 is 1.61 bits per heavy atom. The monoisotopic (exact) mass is 349 g/mol. The van der Waals surface area contributed by atoms with Crippen LogP contribution in [0.15, 0.2) is 47.4 Å². The Kier molecular flexibility index (Phi) is 5.90. The second kappa shape index (κ2) is 7.89. The number of benzene rings is 2. The topological polar surface area (TPSA) is 70.2 Å². The predicted molar refractivity (Wildman–Crippen MR) is 95.7 cm³/mol. The molecule has 0 aliphatic carbocycles. The third-order valence-electron chi connectivity index (χ3n) is 3.05. The molecule has 0 fully saturated rings. The highest BCUT2D eigenvalue weighted by Crippen LogP contribution is 2.24. The number of thioether (sulfide) groups is 1. The summed E-state index contributed by atoms with van der Waals surface area (Å²) in [4.78, 5) is 24.5. The third-order valence-corrected chi connectivity index (χ3v) is 4.10. The molecule has 2 rings (SSSR count). The molecule has 3 amide bonds. The van der Waals surface area contributed by atoms with Crippen molar-refractivity contribution >= 4 is 46.7 Å². The van der Waals surface area contributed by atoms with Crippen molar-refractivity contribution in [2.24, 2.45) is 0 Å². The van der Waals surface area contributed by atoms with Crippen molar-refractivity contribution in [1.29, 1.82) is 0 Å². The Hall–Kier alpha value is -2.18. The normalized spacial score (nSPS) is 10.0. The fourth-order valence-electron chi connectivity index (χ4n) is 1.83. The van der Waals surface area contributed by atoms with Crippen molar-refractivity contribution in [1.82, 2.24) is 5.32 Å². The smallest absolute Gasteiger partial charge is 0.318 e. The molecule has 0 atom stereocenters. The Morgan fingerprint density at radius 1 is 1.00 bits per heavy atom. The zero-order valence-corrected chi connectivity index (χ0v) is 14.2. The van der Waals surface area contributed by atoms with E-state index in [-0.39, 0.29) is 11.9 Å². The molecule has 0 aliphatic heterocycles. The van der Waals surface area contributed by atoms with E-state index in [1.54, 1.807) is 48.2 Å². The van der Waals surface area contributed by atoms with Crippen LogP contribution in [0, 0.1) is 0 Å². The average Bonchev–Trinajstić information content (AvgIpc) is 2.56. The molecule has 3 N–H and O–H groups in total. The summed E-state index contributed by atoms with van der Waals surface area (Å²) in [7, 11) is 1.54. The van der Waals surface area contributed by atoms with Crippen LogP contribution in [0.1, 0.15) is 10.4 Å². The first-order valence-electron chi connectivity index (χ1n) is 6.77. The van der Waals surface area contributed by atoms with E-state index < -0.39 is 0 Å². The van der Waals surface area contributed by atoms with E-state index in [1.165, 1.54) is 7.05 Å². The molecule has 0 aromatic heterocycles. The van der Waals surface area contributed by atoms with Crippen molar-refractivity contribution in [3.63, 3.8) is 0 Å². The van der Waals surface area contributed by atoms with Gasteiger partial charge in [-0.2, -0.15) is 0 Å². The van der Waals surface area contributed by atoms with E-state index in [4.69, 9.17) is 11.6 Å². The minimum Gasteiger partial charge on any atom is -0.341 e. The summed E-state index contributed by atoms with van der Waals surface area (Å²) in [6.07, 6.45) is 1.93. The molecule has 2 aromatic rings. The number of nitrogens with one attached hydrogen (secondary N) is 3. The van der Waals surface area contributed by atoms with E-state index in [1.807, 2.05) is 12.3 Å². The summed E-state index contributed by atoms with van der Waals surface area (Å²) in [5.41, 5.74) is 1.67. The molecule has 0 unspecified atom stereocenters. The Balaban J connectivity index is 2.10. The second-order valence-corrected chi connectivity index (χ2v) is 5.87. The van der Waals surface area contributed by atoms with Gasteiger partial charge >= 0.3 is 6.03 Å². The molecular formula is C16H16ClN3O2S. The van der Waals surface area contributed by atoms with Gasteiger partial charge < -0.3 is 16.0 Å². The number of carbonyl (C=O) groups is 2. The minimum atomic E-state index is -0.303. The van der Waals surface area contributed by atoms with Gasteiger partial charge in [0.25, 0.3) is 5.91 Å². The first kappa shape index (κ1) is 17.2. The van der Waals surface area contributed by atoms with Crippen molar-refractivity contribution in [3.05, 3.63) is 53.1 Å². The van der Waals surface area contributed by atoms with Gasteiger partial charge in [-0.1, -0.05) is 11.6 Å². The molecule has 5 nitrogen and oxygen atoms in total. The fraction of sp³-hybridized carbons (Fsp3) is 0.125. The number of carbonyl (C=O) groups excluding carboxylic acids is 2. The molecule has 0 saturated carbocycles. The maximum atomic E-state index is 12.3. The van der Waals surface area contributed by atoms with Crippen molar-refractivity contribution in [2.75, 3.05) is 23.9 Å². The molecule has 0 heterocycles. The SMILES string of the molecule is CNC(=O)Nc1ccc(NC(=O)c2cc(SC)ccc2Cl)cc1. The van der Waals surface area contributed by atoms with Gasteiger partial charge in [-0.05, 0) is 48.7 Å². The van der Waals surface area contributed by atoms with Crippen LogP contribution in [0.25, 0.3) is 0 Å². The van der Waals surface area contributed by atoms with Crippen LogP contribution in [-0.2, 0) is 0 Å². The summed E-state index contributed by atoms with van der Waals surface area (Å²) < 4.78 is 0. The molecular weight excluding hydrogens is 334 g/mol. The maximum absolute atomic E-state index is 12.3. The van der Waals surface area contributed by atoms with Crippen molar-refractivity contribution < 1.29 is 9.59 Å². The van der Waals surface area contributed by atoms with E-state index >= 15 is 0 Å². The van der Waals surface area contributed by atoms with Crippen LogP contribution >= 0.6 is 23.4 Å². The van der Waals surface area contributed by atoms with Crippen molar-refractivity contribution in [3.8, 4) is 0 Å². The van der Waals surface area contributed by atoms with Gasteiger partial charge in [0.05, 0.1) is 10.6 Å². The zero-order valence-electron chi connectivity index (χ0n) is 12.6. The van der Waals surface area contributed by atoms with Gasteiger partial charge in [-0.15, -0.1) is 11.8 Å². The number of halogens is 1. The van der Waals surface area contributed by atoms with E-state index in [2.05, 4.69) is 16.0 Å². The third kappa shape index (κ3) is 4.64. The maximum Gasteiger partial charge on any atom is 0.318 e. The number of hydrogen-bond donors (Lipinski definition) is 3. The molecule has 0 saturated heterocycles. The summed E-state index contributed by atoms with van der Waals surface area (Å²) in [5.74, 6) is -0.280. The quantitative estimate of drug-likeness (QED) is 0.729. The molecule has 120 valence electrons. The van der Waals surface area contributed by atoms with E-state index in [0.29, 0.717) is 22.0 Å². The lowest BCUT2D eigenvalue weighted by atomic mass is 10.2. The molecule has 7 heteroatoms. The first-order valence-corrected chi connectivity index (χ1v) is 8.37. The number of urea groups is 1. The average molecular weight is 350 g/mol. The summed E-state index contributed by atoms with van der Waals surface area (Å²) >= 11 is 7.63. The van der Waals surface area contributed by atoms with Gasteiger partial charge in [0.2, 0.25) is 0 Å². The van der Waals surface area contributed by atoms with Crippen LogP contribution in [0.2, 0.25) is 5.02 Å². The molecule has 2 aromatic carbocycles. The van der Waals surface area contributed by atoms with Gasteiger partial charge in [-0.3, -0.25) is 4.79 Å². The van der Waals surface area contributed by atoms with Crippen LogP contribution in [0.5, 0.6) is 0 Å². The highest BCUT2D eigenvalue weighted by Gasteiger charge is 2.11. The van der Waals surface area contributed by atoms with Crippen LogP contribution in [0.3, 0.4) is 0 Å². The van der Waals surface area contributed by atoms with Crippen LogP contribution in [0.4, 0.5) is 16.2 Å². The van der Waals surface area contributed by atoms with Gasteiger partial charge in [-0.25, -0.2) is 4.79 Å². The van der Waals surface area contributed by atoms with Crippen LogP contribution in [-0.4, -0.2) is 25.2 Å². The molecule has 0 aliphatic rings. The lowest BCUT2D eigenvalue weighted by molar-refractivity contribution is 0.102. The van der Waals surface area contributed by atoms with Crippen LogP contribution < -0.4 is 16.0 Å². The molecule has 23 heavy (non-hydrogen) atoms. The summed E-state index contributed by atoms with van der Waals surface area (Å²) in [6.45, 7) is 0. The predicted octanol–water partition coefficient (Wildman–Crippen LogP) is 4.07. The lowest BCUT2D eigenvalue weighted by Gasteiger charge is -2.09. The Labute approximate surface area is 143 Å². The van der Waals surface area contributed by atoms with Gasteiger partial charge in [0.1, 0.15) is 0 Å². The van der Waals surface area contributed by atoms with Gasteiger partial charge in [0, 0.05) is 23.3 Å². The molecule has 0 radical (unpaired) electrons. The van der Waals surface area contributed by atoms with E-state index in [0.717, 1.165) is 4.90 Å². The first-order chi connectivity index (χ1) is 11.0. The van der Waals surface area contributed by atoms with Crippen molar-refractivity contribution in [2.45, 2.75) is 4.90 Å². The number of amides is 3. The Morgan fingerprint density at radius 3 is 2.17 bits per heavy atom. The Bertz CT molecular complexity index is 720. The lowest BCUT2D eigenvalue weighted by Crippen LogP contribution is -2.24. The number of anilines is 2. The molecule has 0 spiro atoms. The highest BCUT2D eigenvalue weighted by atomic mass is 35.5. The highest BCUT2D eigenvalue weighted by molar-refractivity contribution is 7.98.